The Kier molecular flexibility index (Phi) is 7.49. The molecule has 0 saturated heterocycles. The molecule has 0 radical (unpaired) electrons. The number of hydrogen-bond donors (Lipinski definition) is 0. The Morgan fingerprint density at radius 2 is 1.75 bits per heavy atom. The van der Waals surface area contributed by atoms with Crippen LogP contribution in [0.4, 0.5) is 17.6 Å². The third kappa shape index (κ3) is 5.64. The van der Waals surface area contributed by atoms with Gasteiger partial charge in [0.25, 0.3) is 5.76 Å². The van der Waals surface area contributed by atoms with E-state index in [2.05, 4.69) is 0 Å². The van der Waals surface area contributed by atoms with Crippen molar-refractivity contribution in [2.75, 3.05) is 13.3 Å². The van der Waals surface area contributed by atoms with Crippen LogP contribution in [0.3, 0.4) is 0 Å². The van der Waals surface area contributed by atoms with Crippen LogP contribution in [0.1, 0.15) is 40.6 Å². The SMILES string of the molecule is CCCOC(=O)c1ccc(Oc2c(C(F)(F)F)oc3c4c(ccc3c2=O)OCN(Cc2ccc(F)cc2)C4)cc1. The van der Waals surface area contributed by atoms with E-state index >= 15 is 0 Å². The second kappa shape index (κ2) is 11.0. The van der Waals surface area contributed by atoms with Gasteiger partial charge in [0.15, 0.2) is 0 Å². The molecule has 0 atom stereocenters. The summed E-state index contributed by atoms with van der Waals surface area (Å²) in [5.74, 6) is -3.41. The zero-order valence-electron chi connectivity index (χ0n) is 21.2. The highest BCUT2D eigenvalue weighted by atomic mass is 19.4. The molecule has 40 heavy (non-hydrogen) atoms. The van der Waals surface area contributed by atoms with Crippen molar-refractivity contribution in [2.45, 2.75) is 32.6 Å². The molecule has 11 heteroatoms. The van der Waals surface area contributed by atoms with Crippen LogP contribution in [0.15, 0.2) is 69.9 Å². The standard InChI is InChI=1S/C29H23F4NO6/c1-2-13-37-28(36)18-5-9-20(10-6-18)39-26-24(35)21-11-12-23-22(25(21)40-27(26)29(31,32)33)15-34(16-38-23)14-17-3-7-19(30)8-4-17/h3-12H,2,13-16H2,1H3. The number of alkyl halides is 3. The Morgan fingerprint density at radius 1 is 1.02 bits per heavy atom. The third-order valence-corrected chi connectivity index (χ3v) is 6.19. The lowest BCUT2D eigenvalue weighted by molar-refractivity contribution is -0.154. The van der Waals surface area contributed by atoms with Crippen molar-refractivity contribution in [1.82, 2.24) is 4.90 Å². The average Bonchev–Trinajstić information content (AvgIpc) is 2.94. The third-order valence-electron chi connectivity index (χ3n) is 6.19. The predicted molar refractivity (Wildman–Crippen MR) is 136 cm³/mol. The summed E-state index contributed by atoms with van der Waals surface area (Å²) < 4.78 is 77.2. The number of benzene rings is 3. The monoisotopic (exact) mass is 557 g/mol. The summed E-state index contributed by atoms with van der Waals surface area (Å²) in [6.45, 7) is 2.65. The first-order valence-corrected chi connectivity index (χ1v) is 12.4. The molecule has 208 valence electrons. The summed E-state index contributed by atoms with van der Waals surface area (Å²) in [4.78, 5) is 27.1. The number of carbonyl (C=O) groups is 1. The van der Waals surface area contributed by atoms with E-state index in [1.165, 1.54) is 48.5 Å². The molecular weight excluding hydrogens is 534 g/mol. The van der Waals surface area contributed by atoms with Crippen LogP contribution in [-0.2, 0) is 24.0 Å². The lowest BCUT2D eigenvalue weighted by Gasteiger charge is -2.29. The van der Waals surface area contributed by atoms with Gasteiger partial charge >= 0.3 is 12.1 Å². The summed E-state index contributed by atoms with van der Waals surface area (Å²) in [5, 5.41) is -0.117. The Hall–Kier alpha value is -4.38. The van der Waals surface area contributed by atoms with Gasteiger partial charge in [-0.2, -0.15) is 13.2 Å². The molecule has 0 amide bonds. The zero-order valence-corrected chi connectivity index (χ0v) is 21.2. The fraction of sp³-hybridized carbons (Fsp3) is 0.241. The van der Waals surface area contributed by atoms with Gasteiger partial charge in [-0.15, -0.1) is 0 Å². The van der Waals surface area contributed by atoms with E-state index in [-0.39, 0.29) is 53.5 Å². The highest BCUT2D eigenvalue weighted by Gasteiger charge is 2.41. The molecule has 0 aliphatic carbocycles. The summed E-state index contributed by atoms with van der Waals surface area (Å²) >= 11 is 0. The quantitative estimate of drug-likeness (QED) is 0.186. The number of nitrogens with zero attached hydrogens (tertiary/aromatic N) is 1. The largest absolute Gasteiger partial charge is 0.478 e. The number of halogens is 4. The summed E-state index contributed by atoms with van der Waals surface area (Å²) in [5.41, 5.74) is -0.0564. The predicted octanol–water partition coefficient (Wildman–Crippen LogP) is 6.66. The summed E-state index contributed by atoms with van der Waals surface area (Å²) in [6.07, 6.45) is -4.43. The zero-order chi connectivity index (χ0) is 28.4. The maximum absolute atomic E-state index is 14.1. The molecule has 0 spiro atoms. The van der Waals surface area contributed by atoms with E-state index in [4.69, 9.17) is 18.6 Å². The first kappa shape index (κ1) is 27.2. The van der Waals surface area contributed by atoms with Gasteiger partial charge in [0.05, 0.1) is 23.1 Å². The Balaban J connectivity index is 1.49. The molecule has 3 aromatic carbocycles. The van der Waals surface area contributed by atoms with E-state index in [9.17, 15) is 27.2 Å². The first-order chi connectivity index (χ1) is 19.1. The second-order valence-electron chi connectivity index (χ2n) is 9.16. The molecule has 0 N–H and O–H groups in total. The topological polar surface area (TPSA) is 78.2 Å². The van der Waals surface area contributed by atoms with Gasteiger partial charge < -0.3 is 18.6 Å². The maximum atomic E-state index is 14.1. The van der Waals surface area contributed by atoms with E-state index in [1.807, 2.05) is 6.92 Å². The minimum Gasteiger partial charge on any atom is -0.478 e. The van der Waals surface area contributed by atoms with Gasteiger partial charge in [0, 0.05) is 13.1 Å². The summed E-state index contributed by atoms with van der Waals surface area (Å²) in [6, 6.07) is 13.8. The van der Waals surface area contributed by atoms with Crippen molar-refractivity contribution < 1.29 is 41.0 Å². The van der Waals surface area contributed by atoms with Crippen LogP contribution in [0.5, 0.6) is 17.2 Å². The molecule has 5 rings (SSSR count). The molecule has 1 aliphatic heterocycles. The Morgan fingerprint density at radius 3 is 2.42 bits per heavy atom. The molecule has 0 saturated carbocycles. The molecule has 0 fully saturated rings. The molecule has 2 heterocycles. The maximum Gasteiger partial charge on any atom is 0.453 e. The Bertz CT molecular complexity index is 1600. The van der Waals surface area contributed by atoms with Crippen molar-refractivity contribution in [1.29, 1.82) is 0 Å². The normalized spacial score (nSPS) is 13.5. The van der Waals surface area contributed by atoms with Gasteiger partial charge in [-0.25, -0.2) is 9.18 Å². The van der Waals surface area contributed by atoms with Gasteiger partial charge in [0.1, 0.15) is 29.6 Å². The highest BCUT2D eigenvalue weighted by Crippen LogP contribution is 2.41. The second-order valence-corrected chi connectivity index (χ2v) is 9.16. The van der Waals surface area contributed by atoms with E-state index < -0.39 is 29.1 Å². The lowest BCUT2D eigenvalue weighted by atomic mass is 10.1. The minimum atomic E-state index is -5.06. The number of esters is 1. The number of hydrogen-bond acceptors (Lipinski definition) is 7. The number of fused-ring (bicyclic) bond motifs is 3. The average molecular weight is 557 g/mol. The minimum absolute atomic E-state index is 0.101. The van der Waals surface area contributed by atoms with Crippen molar-refractivity contribution >= 4 is 16.9 Å². The highest BCUT2D eigenvalue weighted by molar-refractivity contribution is 5.89. The summed E-state index contributed by atoms with van der Waals surface area (Å²) in [7, 11) is 0. The van der Waals surface area contributed by atoms with Crippen molar-refractivity contribution in [3.05, 3.63) is 99.2 Å². The molecule has 4 aromatic rings. The van der Waals surface area contributed by atoms with E-state index in [0.29, 0.717) is 18.7 Å². The van der Waals surface area contributed by atoms with Crippen LogP contribution in [-0.4, -0.2) is 24.2 Å². The van der Waals surface area contributed by atoms with Crippen molar-refractivity contribution in [3.8, 4) is 17.2 Å². The van der Waals surface area contributed by atoms with Crippen LogP contribution < -0.4 is 14.9 Å². The van der Waals surface area contributed by atoms with Crippen LogP contribution in [0.2, 0.25) is 0 Å². The molecule has 1 aliphatic rings. The fourth-order valence-corrected chi connectivity index (χ4v) is 4.28. The lowest BCUT2D eigenvalue weighted by Crippen LogP contribution is -2.32. The van der Waals surface area contributed by atoms with Gasteiger partial charge in [-0.3, -0.25) is 9.69 Å². The molecular formula is C29H23F4NO6. The number of rotatable bonds is 7. The van der Waals surface area contributed by atoms with Crippen LogP contribution in [0, 0.1) is 5.82 Å². The van der Waals surface area contributed by atoms with E-state index in [0.717, 1.165) is 5.56 Å². The fourth-order valence-electron chi connectivity index (χ4n) is 4.28. The molecule has 1 aromatic heterocycles. The first-order valence-electron chi connectivity index (χ1n) is 12.4. The number of ether oxygens (including phenoxy) is 3. The van der Waals surface area contributed by atoms with Gasteiger partial charge in [-0.1, -0.05) is 19.1 Å². The molecule has 0 bridgehead atoms. The van der Waals surface area contributed by atoms with Crippen LogP contribution >= 0.6 is 0 Å². The Labute approximate surface area is 225 Å². The molecule has 0 unspecified atom stereocenters. The van der Waals surface area contributed by atoms with Gasteiger partial charge in [-0.05, 0) is 60.5 Å². The van der Waals surface area contributed by atoms with E-state index in [1.54, 1.807) is 17.0 Å². The van der Waals surface area contributed by atoms with Gasteiger partial charge in [0.2, 0.25) is 11.2 Å². The number of carbonyl (C=O) groups excluding carboxylic acids is 1. The molecule has 7 nitrogen and oxygen atoms in total. The van der Waals surface area contributed by atoms with Crippen molar-refractivity contribution in [2.24, 2.45) is 0 Å². The van der Waals surface area contributed by atoms with Crippen molar-refractivity contribution in [3.63, 3.8) is 0 Å². The van der Waals surface area contributed by atoms with Crippen LogP contribution in [0.25, 0.3) is 11.0 Å². The smallest absolute Gasteiger partial charge is 0.453 e.